The Kier molecular flexibility index (Phi) is 3.65. The van der Waals surface area contributed by atoms with E-state index in [2.05, 4.69) is 10.2 Å². The molecule has 6 heteroatoms. The molecule has 0 fully saturated rings. The quantitative estimate of drug-likeness (QED) is 0.939. The van der Waals surface area contributed by atoms with E-state index in [1.807, 2.05) is 37.4 Å². The number of fused-ring (bicyclic) bond motifs is 2. The number of likely N-dealkylation sites (N-methyl/N-ethyl adjacent to an activating group) is 1. The lowest BCUT2D eigenvalue weighted by molar-refractivity contribution is -0.116. The third kappa shape index (κ3) is 2.71. The van der Waals surface area contributed by atoms with Gasteiger partial charge in [0.15, 0.2) is 11.5 Å². The minimum Gasteiger partial charge on any atom is -0.489 e. The lowest BCUT2D eigenvalue weighted by atomic mass is 10.1. The highest BCUT2D eigenvalue weighted by molar-refractivity contribution is 5.92. The van der Waals surface area contributed by atoms with Crippen molar-refractivity contribution in [2.45, 2.75) is 12.5 Å². The summed E-state index contributed by atoms with van der Waals surface area (Å²) in [5, 5.41) is 2.91. The number of benzene rings is 2. The molecule has 0 radical (unpaired) electrons. The zero-order valence-electron chi connectivity index (χ0n) is 13.3. The van der Waals surface area contributed by atoms with E-state index in [0.29, 0.717) is 30.2 Å². The van der Waals surface area contributed by atoms with Gasteiger partial charge in [-0.2, -0.15) is 0 Å². The van der Waals surface area contributed by atoms with E-state index in [9.17, 15) is 4.79 Å². The molecule has 2 aliphatic rings. The Morgan fingerprint density at radius 2 is 1.96 bits per heavy atom. The van der Waals surface area contributed by atoms with Gasteiger partial charge in [-0.15, -0.1) is 0 Å². The second kappa shape index (κ2) is 5.96. The fourth-order valence-electron chi connectivity index (χ4n) is 2.96. The highest BCUT2D eigenvalue weighted by atomic mass is 16.7. The summed E-state index contributed by atoms with van der Waals surface area (Å²) in [7, 11) is 1.99. The Bertz CT molecular complexity index is 777. The molecule has 1 N–H and O–H groups in total. The molecule has 0 aliphatic carbocycles. The second-order valence-electron chi connectivity index (χ2n) is 5.86. The molecule has 1 amide bonds. The van der Waals surface area contributed by atoms with Crippen molar-refractivity contribution in [1.82, 2.24) is 0 Å². The molecule has 2 heterocycles. The van der Waals surface area contributed by atoms with Crippen LogP contribution in [0.4, 0.5) is 11.4 Å². The summed E-state index contributed by atoms with van der Waals surface area (Å²) in [6, 6.07) is 13.2. The molecular formula is C18H18N2O4. The van der Waals surface area contributed by atoms with Crippen molar-refractivity contribution in [3.8, 4) is 17.2 Å². The summed E-state index contributed by atoms with van der Waals surface area (Å²) < 4.78 is 16.4. The maximum absolute atomic E-state index is 12.4. The van der Waals surface area contributed by atoms with Gasteiger partial charge in [-0.3, -0.25) is 4.79 Å². The Morgan fingerprint density at radius 3 is 2.88 bits per heavy atom. The van der Waals surface area contributed by atoms with Crippen LogP contribution < -0.4 is 24.4 Å². The van der Waals surface area contributed by atoms with E-state index in [4.69, 9.17) is 14.2 Å². The Balaban J connectivity index is 1.41. The number of carbonyl (C=O) groups is 1. The molecule has 2 aromatic rings. The van der Waals surface area contributed by atoms with Crippen LogP contribution in [0.25, 0.3) is 0 Å². The minimum atomic E-state index is -0.0614. The average molecular weight is 326 g/mol. The van der Waals surface area contributed by atoms with Crippen molar-refractivity contribution in [3.05, 3.63) is 42.5 Å². The van der Waals surface area contributed by atoms with Gasteiger partial charge in [0, 0.05) is 18.8 Å². The average Bonchev–Trinajstić information content (AvgIpc) is 3.05. The lowest BCUT2D eigenvalue weighted by Crippen LogP contribution is -2.42. The maximum Gasteiger partial charge on any atom is 0.231 e. The molecule has 1 atom stereocenters. The second-order valence-corrected chi connectivity index (χ2v) is 5.86. The first-order valence-electron chi connectivity index (χ1n) is 7.85. The largest absolute Gasteiger partial charge is 0.489 e. The van der Waals surface area contributed by atoms with Crippen LogP contribution in [0.1, 0.15) is 6.42 Å². The van der Waals surface area contributed by atoms with E-state index in [0.717, 1.165) is 11.4 Å². The molecule has 4 rings (SSSR count). The molecule has 24 heavy (non-hydrogen) atoms. The highest BCUT2D eigenvalue weighted by Crippen LogP contribution is 2.35. The summed E-state index contributed by atoms with van der Waals surface area (Å²) in [5.74, 6) is 2.14. The number of hydrogen-bond donors (Lipinski definition) is 1. The van der Waals surface area contributed by atoms with E-state index in [1.165, 1.54) is 0 Å². The van der Waals surface area contributed by atoms with Crippen molar-refractivity contribution < 1.29 is 19.0 Å². The fourth-order valence-corrected chi connectivity index (χ4v) is 2.96. The summed E-state index contributed by atoms with van der Waals surface area (Å²) in [4.78, 5) is 14.5. The predicted octanol–water partition coefficient (Wildman–Crippen LogP) is 2.64. The van der Waals surface area contributed by atoms with Gasteiger partial charge in [0.25, 0.3) is 0 Å². The van der Waals surface area contributed by atoms with Crippen LogP contribution in [0.15, 0.2) is 42.5 Å². The molecule has 0 saturated carbocycles. The van der Waals surface area contributed by atoms with Crippen molar-refractivity contribution >= 4 is 17.3 Å². The molecule has 0 saturated heterocycles. The van der Waals surface area contributed by atoms with E-state index in [-0.39, 0.29) is 18.7 Å². The Morgan fingerprint density at radius 1 is 1.12 bits per heavy atom. The first kappa shape index (κ1) is 14.7. The first-order chi connectivity index (χ1) is 11.7. The number of rotatable bonds is 3. The van der Waals surface area contributed by atoms with Gasteiger partial charge in [0.05, 0.1) is 18.2 Å². The van der Waals surface area contributed by atoms with Crippen LogP contribution in [0, 0.1) is 0 Å². The number of nitrogens with one attached hydrogen (secondary N) is 1. The van der Waals surface area contributed by atoms with Crippen LogP contribution in [-0.4, -0.2) is 32.4 Å². The lowest BCUT2D eigenvalue weighted by Gasteiger charge is -2.35. The highest BCUT2D eigenvalue weighted by Gasteiger charge is 2.26. The van der Waals surface area contributed by atoms with Gasteiger partial charge >= 0.3 is 0 Å². The smallest absolute Gasteiger partial charge is 0.231 e. The van der Waals surface area contributed by atoms with Crippen LogP contribution in [0.2, 0.25) is 0 Å². The maximum atomic E-state index is 12.4. The molecular weight excluding hydrogens is 308 g/mol. The van der Waals surface area contributed by atoms with Gasteiger partial charge in [0.2, 0.25) is 12.7 Å². The summed E-state index contributed by atoms with van der Waals surface area (Å²) >= 11 is 0. The predicted molar refractivity (Wildman–Crippen MR) is 89.9 cm³/mol. The molecule has 0 spiro atoms. The third-order valence-corrected chi connectivity index (χ3v) is 4.30. The van der Waals surface area contributed by atoms with Gasteiger partial charge < -0.3 is 24.4 Å². The van der Waals surface area contributed by atoms with Crippen molar-refractivity contribution in [2.75, 3.05) is 30.7 Å². The molecule has 2 aromatic carbocycles. The van der Waals surface area contributed by atoms with Crippen LogP contribution in [-0.2, 0) is 4.79 Å². The molecule has 0 aromatic heterocycles. The number of carbonyl (C=O) groups excluding carboxylic acids is 1. The Labute approximate surface area is 139 Å². The van der Waals surface area contributed by atoms with E-state index < -0.39 is 0 Å². The number of nitrogens with zero attached hydrogens (tertiary/aromatic N) is 1. The van der Waals surface area contributed by atoms with Crippen LogP contribution in [0.3, 0.4) is 0 Å². The monoisotopic (exact) mass is 326 g/mol. The fraction of sp³-hybridized carbons (Fsp3) is 0.278. The van der Waals surface area contributed by atoms with Gasteiger partial charge in [-0.05, 0) is 24.3 Å². The number of hydrogen-bond acceptors (Lipinski definition) is 5. The van der Waals surface area contributed by atoms with Gasteiger partial charge in [0.1, 0.15) is 12.4 Å². The molecule has 2 aliphatic heterocycles. The zero-order valence-corrected chi connectivity index (χ0v) is 13.3. The van der Waals surface area contributed by atoms with Crippen molar-refractivity contribution in [3.63, 3.8) is 0 Å². The SMILES string of the molecule is CN1c2ccccc2OCC1CC(=O)Nc1ccc2c(c1)OCO2. The first-order valence-corrected chi connectivity index (χ1v) is 7.85. The summed E-state index contributed by atoms with van der Waals surface area (Å²) in [6.45, 7) is 0.707. The topological polar surface area (TPSA) is 60.0 Å². The molecule has 124 valence electrons. The van der Waals surface area contributed by atoms with Gasteiger partial charge in [-0.1, -0.05) is 12.1 Å². The van der Waals surface area contributed by atoms with Crippen molar-refractivity contribution in [1.29, 1.82) is 0 Å². The minimum absolute atomic E-state index is 0.00564. The zero-order chi connectivity index (χ0) is 16.5. The normalized spacial score (nSPS) is 17.9. The van der Waals surface area contributed by atoms with Gasteiger partial charge in [-0.25, -0.2) is 0 Å². The van der Waals surface area contributed by atoms with E-state index >= 15 is 0 Å². The summed E-state index contributed by atoms with van der Waals surface area (Å²) in [6.07, 6.45) is 0.347. The number of anilines is 2. The molecule has 1 unspecified atom stereocenters. The number of ether oxygens (including phenoxy) is 3. The summed E-state index contributed by atoms with van der Waals surface area (Å²) in [5.41, 5.74) is 1.70. The number of amides is 1. The van der Waals surface area contributed by atoms with E-state index in [1.54, 1.807) is 12.1 Å². The third-order valence-electron chi connectivity index (χ3n) is 4.30. The van der Waals surface area contributed by atoms with Crippen LogP contribution >= 0.6 is 0 Å². The number of para-hydroxylation sites is 2. The Hall–Kier alpha value is -2.89. The standard InChI is InChI=1S/C18H18N2O4/c1-20-13(10-22-15-5-3-2-4-14(15)20)9-18(21)19-12-6-7-16-17(8-12)24-11-23-16/h2-8,13H,9-11H2,1H3,(H,19,21). The molecule has 0 bridgehead atoms. The van der Waals surface area contributed by atoms with Crippen molar-refractivity contribution in [2.24, 2.45) is 0 Å². The molecule has 6 nitrogen and oxygen atoms in total. The van der Waals surface area contributed by atoms with Crippen LogP contribution in [0.5, 0.6) is 17.2 Å².